The Labute approximate surface area is 134 Å². The molecule has 3 rings (SSSR count). The van der Waals surface area contributed by atoms with Crippen LogP contribution in [0.5, 0.6) is 5.75 Å². The molecule has 0 spiro atoms. The van der Waals surface area contributed by atoms with E-state index < -0.39 is 6.04 Å². The van der Waals surface area contributed by atoms with Crippen LogP contribution in [-0.2, 0) is 16.1 Å². The molecule has 0 aliphatic carbocycles. The van der Waals surface area contributed by atoms with E-state index in [4.69, 9.17) is 9.15 Å². The van der Waals surface area contributed by atoms with E-state index in [1.54, 1.807) is 36.6 Å². The van der Waals surface area contributed by atoms with E-state index in [0.29, 0.717) is 18.8 Å². The molecular weight excluding hydrogens is 296 g/mol. The predicted octanol–water partition coefficient (Wildman–Crippen LogP) is 1.07. The average Bonchev–Trinajstić information content (AvgIpc) is 3.15. The summed E-state index contributed by atoms with van der Waals surface area (Å²) in [4.78, 5) is 25.9. The first-order chi connectivity index (χ1) is 11.2. The first-order valence-electron chi connectivity index (χ1n) is 7.64. The minimum Gasteiger partial charge on any atom is -0.494 e. The smallest absolute Gasteiger partial charge is 0.292 e. The number of carbonyl (C=O) groups is 2. The number of anilines is 1. The zero-order valence-corrected chi connectivity index (χ0v) is 12.9. The van der Waals surface area contributed by atoms with Gasteiger partial charge in [-0.2, -0.15) is 0 Å². The van der Waals surface area contributed by atoms with Crippen LogP contribution in [0.15, 0.2) is 47.1 Å². The lowest BCUT2D eigenvalue weighted by atomic mass is 10.2. The predicted molar refractivity (Wildman–Crippen MR) is 82.8 cm³/mol. The van der Waals surface area contributed by atoms with Crippen molar-refractivity contribution in [3.05, 3.63) is 48.4 Å². The molecule has 0 unspecified atom stereocenters. The van der Waals surface area contributed by atoms with Crippen molar-refractivity contribution in [2.24, 2.45) is 0 Å². The normalized spacial score (nSPS) is 17.8. The fourth-order valence-electron chi connectivity index (χ4n) is 2.66. The second-order valence-electron chi connectivity index (χ2n) is 5.32. The standard InChI is InChI=1S/C17H18N2O4/c1-2-22-13-7-5-12(6-8-13)19-16(20)10-15(17(19)21)18-11-14-4-3-9-23-14/h3-9,15,18H,2,10-11H2,1H3/p+1/t15-/m0/s1. The van der Waals surface area contributed by atoms with Gasteiger partial charge in [-0.05, 0) is 43.3 Å². The summed E-state index contributed by atoms with van der Waals surface area (Å²) < 4.78 is 10.6. The topological polar surface area (TPSA) is 76.4 Å². The van der Waals surface area contributed by atoms with E-state index in [9.17, 15) is 9.59 Å². The fourth-order valence-corrected chi connectivity index (χ4v) is 2.66. The van der Waals surface area contributed by atoms with Gasteiger partial charge in [0.05, 0.1) is 25.0 Å². The van der Waals surface area contributed by atoms with E-state index >= 15 is 0 Å². The monoisotopic (exact) mass is 315 g/mol. The van der Waals surface area contributed by atoms with E-state index in [0.717, 1.165) is 11.5 Å². The molecule has 2 amide bonds. The number of furan rings is 1. The molecule has 2 aromatic rings. The molecule has 1 aromatic carbocycles. The molecule has 0 radical (unpaired) electrons. The minimum absolute atomic E-state index is 0.181. The van der Waals surface area contributed by atoms with E-state index in [-0.39, 0.29) is 18.2 Å². The molecule has 1 aliphatic heterocycles. The Bertz CT molecular complexity index is 679. The van der Waals surface area contributed by atoms with Gasteiger partial charge >= 0.3 is 0 Å². The Morgan fingerprint density at radius 1 is 1.26 bits per heavy atom. The Hall–Kier alpha value is -2.60. The summed E-state index contributed by atoms with van der Waals surface area (Å²) in [7, 11) is 0. The fraction of sp³-hybridized carbons (Fsp3) is 0.294. The number of ether oxygens (including phenoxy) is 1. The maximum atomic E-state index is 12.5. The minimum atomic E-state index is -0.404. The third-order valence-electron chi connectivity index (χ3n) is 3.77. The van der Waals surface area contributed by atoms with Crippen molar-refractivity contribution in [3.8, 4) is 5.75 Å². The highest BCUT2D eigenvalue weighted by molar-refractivity contribution is 6.21. The molecular formula is C17H19N2O4+. The Kier molecular flexibility index (Phi) is 4.43. The summed E-state index contributed by atoms with van der Waals surface area (Å²) in [6.07, 6.45) is 1.80. The summed E-state index contributed by atoms with van der Waals surface area (Å²) in [5.41, 5.74) is 0.581. The molecule has 1 fully saturated rings. The van der Waals surface area contributed by atoms with E-state index in [1.165, 1.54) is 4.90 Å². The van der Waals surface area contributed by atoms with Gasteiger partial charge in [-0.1, -0.05) is 0 Å². The molecule has 6 heteroatoms. The molecule has 1 aliphatic rings. The summed E-state index contributed by atoms with van der Waals surface area (Å²) in [5.74, 6) is 1.13. The maximum absolute atomic E-state index is 12.5. The van der Waals surface area contributed by atoms with Crippen molar-refractivity contribution >= 4 is 17.5 Å². The first kappa shape index (κ1) is 15.3. The number of nitrogens with zero attached hydrogens (tertiary/aromatic N) is 1. The second-order valence-corrected chi connectivity index (χ2v) is 5.32. The molecule has 1 atom stereocenters. The second kappa shape index (κ2) is 6.66. The lowest BCUT2D eigenvalue weighted by Crippen LogP contribution is -2.90. The molecule has 2 N–H and O–H groups in total. The average molecular weight is 315 g/mol. The van der Waals surface area contributed by atoms with Crippen LogP contribution in [0.4, 0.5) is 5.69 Å². The molecule has 0 bridgehead atoms. The number of hydrogen-bond donors (Lipinski definition) is 1. The number of rotatable bonds is 6. The van der Waals surface area contributed by atoms with Crippen LogP contribution < -0.4 is 15.0 Å². The number of hydrogen-bond acceptors (Lipinski definition) is 4. The van der Waals surface area contributed by atoms with Crippen molar-refractivity contribution in [1.29, 1.82) is 0 Å². The summed E-state index contributed by atoms with van der Waals surface area (Å²) in [6, 6.07) is 10.2. The van der Waals surface area contributed by atoms with Crippen LogP contribution in [-0.4, -0.2) is 24.5 Å². The van der Waals surface area contributed by atoms with Gasteiger partial charge in [0, 0.05) is 0 Å². The molecule has 6 nitrogen and oxygen atoms in total. The Morgan fingerprint density at radius 3 is 2.70 bits per heavy atom. The molecule has 2 heterocycles. The quantitative estimate of drug-likeness (QED) is 0.809. The first-order valence-corrected chi connectivity index (χ1v) is 7.64. The summed E-state index contributed by atoms with van der Waals surface area (Å²) in [6.45, 7) is 3.01. The van der Waals surface area contributed by atoms with Gasteiger partial charge in [0.2, 0.25) is 5.91 Å². The van der Waals surface area contributed by atoms with Gasteiger partial charge in [0.15, 0.2) is 11.8 Å². The van der Waals surface area contributed by atoms with Gasteiger partial charge in [-0.15, -0.1) is 0 Å². The van der Waals surface area contributed by atoms with Crippen molar-refractivity contribution in [1.82, 2.24) is 0 Å². The zero-order valence-electron chi connectivity index (χ0n) is 12.9. The van der Waals surface area contributed by atoms with Crippen molar-refractivity contribution in [2.75, 3.05) is 11.5 Å². The molecule has 1 aromatic heterocycles. The van der Waals surface area contributed by atoms with Gasteiger partial charge in [-0.25, -0.2) is 4.90 Å². The van der Waals surface area contributed by atoms with Crippen LogP contribution >= 0.6 is 0 Å². The number of amides is 2. The summed E-state index contributed by atoms with van der Waals surface area (Å²) >= 11 is 0. The van der Waals surface area contributed by atoms with Gasteiger partial charge < -0.3 is 14.5 Å². The van der Waals surface area contributed by atoms with Crippen LogP contribution in [0.25, 0.3) is 0 Å². The Balaban J connectivity index is 1.68. The molecule has 120 valence electrons. The SMILES string of the molecule is CCOc1ccc(N2C(=O)C[C@H]([NH2+]Cc3ccco3)C2=O)cc1. The van der Waals surface area contributed by atoms with Crippen molar-refractivity contribution in [3.63, 3.8) is 0 Å². The van der Waals surface area contributed by atoms with Crippen molar-refractivity contribution in [2.45, 2.75) is 25.9 Å². The van der Waals surface area contributed by atoms with Gasteiger partial charge in [0.1, 0.15) is 12.3 Å². The highest BCUT2D eigenvalue weighted by Crippen LogP contribution is 2.24. The number of nitrogens with two attached hydrogens (primary N) is 1. The number of carbonyl (C=O) groups excluding carboxylic acids is 2. The van der Waals surface area contributed by atoms with Crippen LogP contribution in [0.3, 0.4) is 0 Å². The lowest BCUT2D eigenvalue weighted by molar-refractivity contribution is -0.691. The summed E-state index contributed by atoms with van der Waals surface area (Å²) in [5, 5.41) is 1.84. The number of imide groups is 1. The van der Waals surface area contributed by atoms with Gasteiger partial charge in [0.25, 0.3) is 5.91 Å². The highest BCUT2D eigenvalue weighted by Gasteiger charge is 2.42. The van der Waals surface area contributed by atoms with Crippen molar-refractivity contribution < 1.29 is 24.1 Å². The third-order valence-corrected chi connectivity index (χ3v) is 3.77. The zero-order chi connectivity index (χ0) is 16.2. The third kappa shape index (κ3) is 3.27. The highest BCUT2D eigenvalue weighted by atomic mass is 16.5. The van der Waals surface area contributed by atoms with Crippen LogP contribution in [0.2, 0.25) is 0 Å². The number of quaternary nitrogens is 1. The molecule has 0 saturated carbocycles. The molecule has 1 saturated heterocycles. The molecule has 23 heavy (non-hydrogen) atoms. The van der Waals surface area contributed by atoms with Crippen LogP contribution in [0.1, 0.15) is 19.1 Å². The lowest BCUT2D eigenvalue weighted by Gasteiger charge is -2.14. The van der Waals surface area contributed by atoms with Crippen LogP contribution in [0, 0.1) is 0 Å². The maximum Gasteiger partial charge on any atom is 0.292 e. The van der Waals surface area contributed by atoms with Gasteiger partial charge in [-0.3, -0.25) is 9.59 Å². The Morgan fingerprint density at radius 2 is 2.04 bits per heavy atom. The largest absolute Gasteiger partial charge is 0.494 e. The van der Waals surface area contributed by atoms with E-state index in [1.807, 2.05) is 18.3 Å². The van der Waals surface area contributed by atoms with E-state index in [2.05, 4.69) is 0 Å². The number of benzene rings is 1.